The molecule has 1 fully saturated rings. The predicted octanol–water partition coefficient (Wildman–Crippen LogP) is 1.83. The van der Waals surface area contributed by atoms with Gasteiger partial charge in [-0.2, -0.15) is 5.10 Å². The van der Waals surface area contributed by atoms with E-state index in [0.29, 0.717) is 13.2 Å². The number of benzene rings is 1. The molecular formula is C18H20FN3O3. The van der Waals surface area contributed by atoms with Gasteiger partial charge in [-0.1, -0.05) is 12.1 Å². The number of nitrogens with zero attached hydrogens (tertiary/aromatic N) is 3. The molecule has 1 aromatic heterocycles. The SMILES string of the molecule is COCCn1nc(C(=O)N(Cc2cccc(F)c2)C2CC2)ccc1=O. The molecule has 3 rings (SSSR count). The number of ether oxygens (including phenoxy) is 1. The minimum absolute atomic E-state index is 0.136. The first kappa shape index (κ1) is 17.3. The van der Waals surface area contributed by atoms with Crippen LogP contribution >= 0.6 is 0 Å². The molecule has 1 aliphatic carbocycles. The summed E-state index contributed by atoms with van der Waals surface area (Å²) in [4.78, 5) is 26.4. The smallest absolute Gasteiger partial charge is 0.274 e. The zero-order valence-electron chi connectivity index (χ0n) is 14.0. The fraction of sp³-hybridized carbons (Fsp3) is 0.389. The average Bonchev–Trinajstić information content (AvgIpc) is 3.43. The first-order valence-electron chi connectivity index (χ1n) is 8.21. The second-order valence-corrected chi connectivity index (χ2v) is 6.07. The minimum atomic E-state index is -0.327. The van der Waals surface area contributed by atoms with Gasteiger partial charge in [0, 0.05) is 25.8 Å². The average molecular weight is 345 g/mol. The van der Waals surface area contributed by atoms with Gasteiger partial charge in [0.15, 0.2) is 0 Å². The molecule has 0 saturated heterocycles. The highest BCUT2D eigenvalue weighted by Gasteiger charge is 2.33. The lowest BCUT2D eigenvalue weighted by Gasteiger charge is -2.22. The lowest BCUT2D eigenvalue weighted by atomic mass is 10.2. The summed E-state index contributed by atoms with van der Waals surface area (Å²) in [5, 5.41) is 4.16. The van der Waals surface area contributed by atoms with Gasteiger partial charge in [0.2, 0.25) is 0 Å². The standard InChI is InChI=1S/C18H20FN3O3/c1-25-10-9-22-17(23)8-7-16(20-22)18(24)21(15-5-6-15)12-13-3-2-4-14(19)11-13/h2-4,7-8,11,15H,5-6,9-10,12H2,1H3. The van der Waals surface area contributed by atoms with Crippen molar-refractivity contribution in [2.75, 3.05) is 13.7 Å². The van der Waals surface area contributed by atoms with E-state index in [-0.39, 0.29) is 35.6 Å². The van der Waals surface area contributed by atoms with Crippen LogP contribution in [0.5, 0.6) is 0 Å². The maximum absolute atomic E-state index is 13.4. The number of methoxy groups -OCH3 is 1. The zero-order valence-corrected chi connectivity index (χ0v) is 14.0. The normalized spacial score (nSPS) is 13.7. The number of carbonyl (C=O) groups is 1. The Labute approximate surface area is 144 Å². The first-order chi connectivity index (χ1) is 12.1. The van der Waals surface area contributed by atoms with Gasteiger partial charge in [-0.25, -0.2) is 9.07 Å². The zero-order chi connectivity index (χ0) is 17.8. The Morgan fingerprint density at radius 1 is 1.36 bits per heavy atom. The van der Waals surface area contributed by atoms with E-state index in [2.05, 4.69) is 5.10 Å². The number of halogens is 1. The molecule has 1 aliphatic rings. The first-order valence-corrected chi connectivity index (χ1v) is 8.21. The van der Waals surface area contributed by atoms with Crippen molar-refractivity contribution in [3.8, 4) is 0 Å². The van der Waals surface area contributed by atoms with Gasteiger partial charge in [0.25, 0.3) is 11.5 Å². The number of aromatic nitrogens is 2. The molecule has 25 heavy (non-hydrogen) atoms. The van der Waals surface area contributed by atoms with E-state index in [0.717, 1.165) is 18.4 Å². The third-order valence-electron chi connectivity index (χ3n) is 4.08. The largest absolute Gasteiger partial charge is 0.383 e. The van der Waals surface area contributed by atoms with Gasteiger partial charge in [-0.15, -0.1) is 0 Å². The molecule has 7 heteroatoms. The van der Waals surface area contributed by atoms with Gasteiger partial charge < -0.3 is 9.64 Å². The lowest BCUT2D eigenvalue weighted by Crippen LogP contribution is -2.35. The molecule has 1 saturated carbocycles. The van der Waals surface area contributed by atoms with E-state index in [9.17, 15) is 14.0 Å². The number of rotatable bonds is 7. The Bertz CT molecular complexity index is 817. The second-order valence-electron chi connectivity index (χ2n) is 6.07. The van der Waals surface area contributed by atoms with Crippen LogP contribution in [0.15, 0.2) is 41.2 Å². The molecule has 1 heterocycles. The summed E-state index contributed by atoms with van der Waals surface area (Å²) in [7, 11) is 1.54. The van der Waals surface area contributed by atoms with Crippen LogP contribution in [0.4, 0.5) is 4.39 Å². The van der Waals surface area contributed by atoms with Crippen LogP contribution in [-0.2, 0) is 17.8 Å². The van der Waals surface area contributed by atoms with Crippen molar-refractivity contribution in [1.82, 2.24) is 14.7 Å². The third kappa shape index (κ3) is 4.30. The van der Waals surface area contributed by atoms with Gasteiger partial charge in [0.1, 0.15) is 11.5 Å². The monoisotopic (exact) mass is 345 g/mol. The highest BCUT2D eigenvalue weighted by Crippen LogP contribution is 2.29. The molecule has 0 spiro atoms. The number of carbonyl (C=O) groups excluding carboxylic acids is 1. The summed E-state index contributed by atoms with van der Waals surface area (Å²) in [6.45, 7) is 0.935. The van der Waals surface area contributed by atoms with Crippen molar-refractivity contribution in [3.63, 3.8) is 0 Å². The van der Waals surface area contributed by atoms with Crippen LogP contribution < -0.4 is 5.56 Å². The number of amides is 1. The summed E-state index contributed by atoms with van der Waals surface area (Å²) in [5.41, 5.74) is 0.656. The number of hydrogen-bond acceptors (Lipinski definition) is 4. The highest BCUT2D eigenvalue weighted by atomic mass is 19.1. The Hall–Kier alpha value is -2.54. The van der Waals surface area contributed by atoms with Crippen molar-refractivity contribution in [2.45, 2.75) is 32.0 Å². The number of hydrogen-bond donors (Lipinski definition) is 0. The molecule has 0 unspecified atom stereocenters. The van der Waals surface area contributed by atoms with Crippen molar-refractivity contribution >= 4 is 5.91 Å². The van der Waals surface area contributed by atoms with Crippen LogP contribution in [0.1, 0.15) is 28.9 Å². The van der Waals surface area contributed by atoms with Crippen molar-refractivity contribution in [1.29, 1.82) is 0 Å². The van der Waals surface area contributed by atoms with Crippen LogP contribution in [0, 0.1) is 5.82 Å². The molecule has 132 valence electrons. The summed E-state index contributed by atoms with van der Waals surface area (Å²) >= 11 is 0. The van der Waals surface area contributed by atoms with Crippen molar-refractivity contribution in [3.05, 3.63) is 63.8 Å². The summed E-state index contributed by atoms with van der Waals surface area (Å²) < 4.78 is 19.6. The van der Waals surface area contributed by atoms with Crippen LogP contribution in [-0.4, -0.2) is 40.3 Å². The van der Waals surface area contributed by atoms with Crippen LogP contribution in [0.25, 0.3) is 0 Å². The molecule has 0 atom stereocenters. The molecule has 0 N–H and O–H groups in total. The van der Waals surface area contributed by atoms with Crippen molar-refractivity contribution in [2.24, 2.45) is 0 Å². The van der Waals surface area contributed by atoms with E-state index in [4.69, 9.17) is 4.74 Å². The van der Waals surface area contributed by atoms with Crippen LogP contribution in [0.2, 0.25) is 0 Å². The molecule has 0 bridgehead atoms. The van der Waals surface area contributed by atoms with Gasteiger partial charge >= 0.3 is 0 Å². The Kier molecular flexibility index (Phi) is 5.23. The molecule has 0 radical (unpaired) electrons. The molecular weight excluding hydrogens is 325 g/mol. The summed E-state index contributed by atoms with van der Waals surface area (Å²) in [5.74, 6) is -0.579. The van der Waals surface area contributed by atoms with Gasteiger partial charge in [0.05, 0.1) is 13.2 Å². The van der Waals surface area contributed by atoms with E-state index in [1.54, 1.807) is 17.0 Å². The molecule has 1 aromatic carbocycles. The second kappa shape index (κ2) is 7.57. The fourth-order valence-electron chi connectivity index (χ4n) is 2.63. The quantitative estimate of drug-likeness (QED) is 0.768. The summed E-state index contributed by atoms with van der Waals surface area (Å²) in [6.07, 6.45) is 1.84. The Morgan fingerprint density at radius 2 is 2.16 bits per heavy atom. The summed E-state index contributed by atoms with van der Waals surface area (Å²) in [6, 6.07) is 9.13. The van der Waals surface area contributed by atoms with E-state index >= 15 is 0 Å². The molecule has 1 amide bonds. The molecule has 6 nitrogen and oxygen atoms in total. The maximum Gasteiger partial charge on any atom is 0.274 e. The highest BCUT2D eigenvalue weighted by molar-refractivity contribution is 5.92. The van der Waals surface area contributed by atoms with E-state index < -0.39 is 0 Å². The predicted molar refractivity (Wildman–Crippen MR) is 89.7 cm³/mol. The minimum Gasteiger partial charge on any atom is -0.383 e. The van der Waals surface area contributed by atoms with Gasteiger partial charge in [-0.05, 0) is 36.6 Å². The van der Waals surface area contributed by atoms with E-state index in [1.165, 1.54) is 36.1 Å². The Balaban J connectivity index is 1.82. The fourth-order valence-corrected chi connectivity index (χ4v) is 2.63. The van der Waals surface area contributed by atoms with Crippen molar-refractivity contribution < 1.29 is 13.9 Å². The molecule has 2 aromatic rings. The molecule has 0 aliphatic heterocycles. The van der Waals surface area contributed by atoms with E-state index in [1.807, 2.05) is 0 Å². The lowest BCUT2D eigenvalue weighted by molar-refractivity contribution is 0.0719. The topological polar surface area (TPSA) is 64.4 Å². The maximum atomic E-state index is 13.4. The van der Waals surface area contributed by atoms with Crippen LogP contribution in [0.3, 0.4) is 0 Å². The van der Waals surface area contributed by atoms with Gasteiger partial charge in [-0.3, -0.25) is 9.59 Å². The Morgan fingerprint density at radius 3 is 2.84 bits per heavy atom. The third-order valence-corrected chi connectivity index (χ3v) is 4.08.